The summed E-state index contributed by atoms with van der Waals surface area (Å²) in [7, 11) is 0. The number of nitrogens with two attached hydrogens (primary N) is 1. The van der Waals surface area contributed by atoms with Gasteiger partial charge in [-0.15, -0.1) is 0 Å². The summed E-state index contributed by atoms with van der Waals surface area (Å²) in [6.07, 6.45) is 5.13. The van der Waals surface area contributed by atoms with Gasteiger partial charge in [-0.1, -0.05) is 26.7 Å². The minimum absolute atomic E-state index is 0.107. The van der Waals surface area contributed by atoms with Crippen LogP contribution in [0.25, 0.3) is 0 Å². The van der Waals surface area contributed by atoms with Crippen molar-refractivity contribution in [2.24, 2.45) is 11.8 Å². The molecule has 0 amide bonds. The van der Waals surface area contributed by atoms with Gasteiger partial charge >= 0.3 is 0 Å². The zero-order valence-corrected chi connectivity index (χ0v) is 8.83. The summed E-state index contributed by atoms with van der Waals surface area (Å²) < 4.78 is 0. The third kappa shape index (κ3) is 3.08. The molecule has 2 unspecified atom stereocenters. The van der Waals surface area contributed by atoms with Gasteiger partial charge in [-0.3, -0.25) is 11.3 Å². The number of hydrazine groups is 1. The molecule has 14 heavy (non-hydrogen) atoms. The fourth-order valence-electron chi connectivity index (χ4n) is 1.67. The zero-order chi connectivity index (χ0) is 10.4. The first-order chi connectivity index (χ1) is 6.77. The van der Waals surface area contributed by atoms with Gasteiger partial charge in [0.25, 0.3) is 0 Å². The molecule has 2 atom stereocenters. The molecule has 0 radical (unpaired) electrons. The van der Waals surface area contributed by atoms with Crippen molar-refractivity contribution >= 4 is 0 Å². The van der Waals surface area contributed by atoms with Crippen molar-refractivity contribution < 1.29 is 0 Å². The van der Waals surface area contributed by atoms with E-state index in [1.54, 1.807) is 6.20 Å². The van der Waals surface area contributed by atoms with Crippen molar-refractivity contribution in [3.8, 4) is 0 Å². The molecule has 0 bridgehead atoms. The molecule has 0 fully saturated rings. The van der Waals surface area contributed by atoms with Gasteiger partial charge in [-0.25, -0.2) is 0 Å². The topological polar surface area (TPSA) is 79.6 Å². The number of rotatable bonds is 6. The molecule has 5 nitrogen and oxygen atoms in total. The third-order valence-electron chi connectivity index (χ3n) is 2.41. The summed E-state index contributed by atoms with van der Waals surface area (Å²) in [4.78, 5) is 0. The summed E-state index contributed by atoms with van der Waals surface area (Å²) >= 11 is 0. The van der Waals surface area contributed by atoms with Crippen LogP contribution in [0.15, 0.2) is 6.20 Å². The normalized spacial score (nSPS) is 15.4. The summed E-state index contributed by atoms with van der Waals surface area (Å²) in [6, 6.07) is 0.107. The van der Waals surface area contributed by atoms with E-state index < -0.39 is 0 Å². The predicted octanol–water partition coefficient (Wildman–Crippen LogP) is 1.14. The molecule has 0 saturated heterocycles. The van der Waals surface area contributed by atoms with E-state index in [9.17, 15) is 0 Å². The molecular formula is C9H19N5. The van der Waals surface area contributed by atoms with Crippen molar-refractivity contribution in [1.29, 1.82) is 0 Å². The second-order valence-corrected chi connectivity index (χ2v) is 3.74. The fourth-order valence-corrected chi connectivity index (χ4v) is 1.67. The molecule has 5 heteroatoms. The largest absolute Gasteiger partial charge is 0.271 e. The van der Waals surface area contributed by atoms with Gasteiger partial charge in [0.15, 0.2) is 0 Å². The van der Waals surface area contributed by atoms with Crippen LogP contribution < -0.4 is 11.3 Å². The Morgan fingerprint density at radius 1 is 1.64 bits per heavy atom. The molecule has 1 aromatic heterocycles. The van der Waals surface area contributed by atoms with E-state index in [0.29, 0.717) is 5.92 Å². The second-order valence-electron chi connectivity index (χ2n) is 3.74. The SMILES string of the molecule is CCCC(C)CC(NN)c1cn[nH]n1. The monoisotopic (exact) mass is 197 g/mol. The van der Waals surface area contributed by atoms with E-state index in [4.69, 9.17) is 5.84 Å². The van der Waals surface area contributed by atoms with Crippen LogP contribution in [0.2, 0.25) is 0 Å². The van der Waals surface area contributed by atoms with Gasteiger partial charge in [0.2, 0.25) is 0 Å². The number of nitrogens with zero attached hydrogens (tertiary/aromatic N) is 2. The van der Waals surface area contributed by atoms with E-state index in [1.165, 1.54) is 12.8 Å². The number of H-pyrrole nitrogens is 1. The summed E-state index contributed by atoms with van der Waals surface area (Å²) in [5.74, 6) is 6.13. The maximum Gasteiger partial charge on any atom is 0.101 e. The van der Waals surface area contributed by atoms with E-state index >= 15 is 0 Å². The van der Waals surface area contributed by atoms with Gasteiger partial charge in [-0.2, -0.15) is 15.4 Å². The molecule has 0 aliphatic rings. The van der Waals surface area contributed by atoms with Crippen LogP contribution in [-0.2, 0) is 0 Å². The molecule has 4 N–H and O–H groups in total. The Balaban J connectivity index is 2.47. The molecule has 1 rings (SSSR count). The minimum atomic E-state index is 0.107. The molecule has 80 valence electrons. The highest BCUT2D eigenvalue weighted by Crippen LogP contribution is 2.20. The predicted molar refractivity (Wildman–Crippen MR) is 55.1 cm³/mol. The number of aromatic amines is 1. The number of hydrogen-bond acceptors (Lipinski definition) is 4. The van der Waals surface area contributed by atoms with Gasteiger partial charge in [0.1, 0.15) is 5.69 Å². The van der Waals surface area contributed by atoms with E-state index in [0.717, 1.165) is 12.1 Å². The highest BCUT2D eigenvalue weighted by Gasteiger charge is 2.15. The number of aromatic nitrogens is 3. The van der Waals surface area contributed by atoms with E-state index in [2.05, 4.69) is 34.7 Å². The Bertz CT molecular complexity index is 233. The number of hydrogen-bond donors (Lipinski definition) is 3. The van der Waals surface area contributed by atoms with Crippen LogP contribution in [0.4, 0.5) is 0 Å². The van der Waals surface area contributed by atoms with Crippen molar-refractivity contribution in [2.75, 3.05) is 0 Å². The summed E-state index contributed by atoms with van der Waals surface area (Å²) in [5.41, 5.74) is 3.66. The molecule has 0 saturated carbocycles. The Morgan fingerprint density at radius 3 is 2.93 bits per heavy atom. The summed E-state index contributed by atoms with van der Waals surface area (Å²) in [6.45, 7) is 4.42. The molecule has 1 aromatic rings. The van der Waals surface area contributed by atoms with Gasteiger partial charge in [-0.05, 0) is 12.3 Å². The highest BCUT2D eigenvalue weighted by molar-refractivity contribution is 4.99. The smallest absolute Gasteiger partial charge is 0.101 e. The van der Waals surface area contributed by atoms with Gasteiger partial charge in [0.05, 0.1) is 12.2 Å². The Hall–Kier alpha value is -0.940. The van der Waals surface area contributed by atoms with Crippen LogP contribution in [0.5, 0.6) is 0 Å². The molecule has 0 aliphatic carbocycles. The lowest BCUT2D eigenvalue weighted by molar-refractivity contribution is 0.389. The van der Waals surface area contributed by atoms with Crippen LogP contribution in [-0.4, -0.2) is 15.4 Å². The first kappa shape index (κ1) is 11.1. The van der Waals surface area contributed by atoms with Crippen molar-refractivity contribution in [2.45, 2.75) is 39.2 Å². The first-order valence-corrected chi connectivity index (χ1v) is 5.09. The highest BCUT2D eigenvalue weighted by atomic mass is 15.3. The maximum absolute atomic E-state index is 5.48. The Morgan fingerprint density at radius 2 is 2.43 bits per heavy atom. The average Bonchev–Trinajstić information content (AvgIpc) is 2.67. The lowest BCUT2D eigenvalue weighted by atomic mass is 9.96. The standard InChI is InChI=1S/C9H19N5/c1-3-4-7(2)5-8(12-10)9-6-11-14-13-9/h6-8,12H,3-5,10H2,1-2H3,(H,11,13,14). The number of nitrogens with one attached hydrogen (secondary N) is 2. The second kappa shape index (κ2) is 5.72. The van der Waals surface area contributed by atoms with Crippen LogP contribution >= 0.6 is 0 Å². The van der Waals surface area contributed by atoms with Crippen molar-refractivity contribution in [1.82, 2.24) is 20.8 Å². The molecule has 0 aromatic carbocycles. The molecular weight excluding hydrogens is 178 g/mol. The lowest BCUT2D eigenvalue weighted by Crippen LogP contribution is -2.29. The molecule has 0 spiro atoms. The van der Waals surface area contributed by atoms with Gasteiger partial charge in [0, 0.05) is 0 Å². The van der Waals surface area contributed by atoms with Crippen LogP contribution in [0.3, 0.4) is 0 Å². The third-order valence-corrected chi connectivity index (χ3v) is 2.41. The van der Waals surface area contributed by atoms with Gasteiger partial charge < -0.3 is 0 Å². The van der Waals surface area contributed by atoms with E-state index in [1.807, 2.05) is 0 Å². The van der Waals surface area contributed by atoms with Crippen molar-refractivity contribution in [3.05, 3.63) is 11.9 Å². The Labute approximate surface area is 84.4 Å². The fraction of sp³-hybridized carbons (Fsp3) is 0.778. The first-order valence-electron chi connectivity index (χ1n) is 5.09. The zero-order valence-electron chi connectivity index (χ0n) is 8.83. The quantitative estimate of drug-likeness (QED) is 0.472. The van der Waals surface area contributed by atoms with E-state index in [-0.39, 0.29) is 6.04 Å². The van der Waals surface area contributed by atoms with Crippen LogP contribution in [0.1, 0.15) is 44.8 Å². The summed E-state index contributed by atoms with van der Waals surface area (Å²) in [5, 5.41) is 10.4. The van der Waals surface area contributed by atoms with Crippen molar-refractivity contribution in [3.63, 3.8) is 0 Å². The average molecular weight is 197 g/mol. The Kier molecular flexibility index (Phi) is 4.55. The van der Waals surface area contributed by atoms with Crippen LogP contribution in [0, 0.1) is 5.92 Å². The lowest BCUT2D eigenvalue weighted by Gasteiger charge is -2.17. The molecule has 0 aliphatic heterocycles. The minimum Gasteiger partial charge on any atom is -0.271 e. The maximum atomic E-state index is 5.48. The molecule has 1 heterocycles.